The Labute approximate surface area is 147 Å². The number of carboxylic acids is 1. The lowest BCUT2D eigenvalue weighted by molar-refractivity contribution is -0.154. The molecule has 0 unspecified atom stereocenters. The number of hydrogen-bond donors (Lipinski definition) is 2. The van der Waals surface area contributed by atoms with Crippen molar-refractivity contribution in [2.75, 3.05) is 5.75 Å². The zero-order chi connectivity index (χ0) is 17.4. The van der Waals surface area contributed by atoms with Gasteiger partial charge in [0.05, 0.1) is 22.4 Å². The van der Waals surface area contributed by atoms with E-state index in [0.717, 1.165) is 0 Å². The van der Waals surface area contributed by atoms with Crippen LogP contribution in [0.25, 0.3) is 0 Å². The van der Waals surface area contributed by atoms with E-state index in [2.05, 4.69) is 0 Å². The molecule has 1 saturated heterocycles. The lowest BCUT2D eigenvalue weighted by Crippen LogP contribution is -2.61. The van der Waals surface area contributed by atoms with Gasteiger partial charge in [0, 0.05) is 12.2 Å². The van der Waals surface area contributed by atoms with Gasteiger partial charge in [-0.1, -0.05) is 41.9 Å². The normalized spacial score (nSPS) is 24.2. The number of Topliss-reactive ketones (excluding diaryl/α,β-unsaturated/α-hetero) is 1. The number of ketones is 1. The molecule has 1 aromatic carbocycles. The number of carbonyl (C=O) groups is 3. The molecule has 8 heteroatoms. The first kappa shape index (κ1) is 17.0. The summed E-state index contributed by atoms with van der Waals surface area (Å²) in [5.41, 5.74) is 6.48. The van der Waals surface area contributed by atoms with Crippen molar-refractivity contribution >= 4 is 41.0 Å². The number of carbonyl (C=O) groups excluding carboxylic acids is 2. The number of fused-ring (bicyclic) bond motifs is 1. The van der Waals surface area contributed by atoms with Crippen molar-refractivity contribution in [1.82, 2.24) is 4.90 Å². The van der Waals surface area contributed by atoms with Crippen LogP contribution in [0.2, 0.25) is 0 Å². The van der Waals surface area contributed by atoms with Crippen LogP contribution in [0, 0.1) is 5.92 Å². The number of nitrogens with zero attached hydrogens (tertiary/aromatic N) is 1. The predicted octanol–water partition coefficient (Wildman–Crippen LogP) is 1.71. The molecule has 3 rings (SSSR count). The molecule has 2 aliphatic rings. The molecule has 2 heterocycles. The molecule has 0 aliphatic carbocycles. The molecule has 6 nitrogen and oxygen atoms in total. The van der Waals surface area contributed by atoms with Crippen molar-refractivity contribution in [3.63, 3.8) is 0 Å². The highest BCUT2D eigenvalue weighted by molar-refractivity contribution is 8.00. The fraction of sp³-hybridized carbons (Fsp3) is 0.312. The van der Waals surface area contributed by atoms with Crippen molar-refractivity contribution in [3.8, 4) is 0 Å². The average molecular weight is 367 g/mol. The van der Waals surface area contributed by atoms with Crippen LogP contribution in [0.1, 0.15) is 18.0 Å². The maximum absolute atomic E-state index is 12.4. The Morgan fingerprint density at radius 3 is 2.67 bits per heavy atom. The highest BCUT2D eigenvalue weighted by Gasteiger charge is 2.54. The Bertz CT molecular complexity index is 737. The summed E-state index contributed by atoms with van der Waals surface area (Å²) in [6, 6.07) is 8.15. The van der Waals surface area contributed by atoms with Gasteiger partial charge in [-0.05, 0) is 5.56 Å². The van der Waals surface area contributed by atoms with Crippen molar-refractivity contribution in [2.45, 2.75) is 17.8 Å². The van der Waals surface area contributed by atoms with Gasteiger partial charge in [-0.2, -0.15) is 0 Å². The van der Waals surface area contributed by atoms with Gasteiger partial charge < -0.3 is 10.8 Å². The van der Waals surface area contributed by atoms with Crippen LogP contribution in [0.4, 0.5) is 0 Å². The first-order chi connectivity index (χ1) is 11.4. The maximum Gasteiger partial charge on any atom is 0.353 e. The molecule has 1 fully saturated rings. The summed E-state index contributed by atoms with van der Waals surface area (Å²) in [5, 5.41) is 8.99. The number of amides is 1. The number of hydrogen-bond acceptors (Lipinski definition) is 5. The average Bonchev–Trinajstić information content (AvgIpc) is 2.59. The number of halogens is 1. The Balaban J connectivity index is 1.71. The van der Waals surface area contributed by atoms with Crippen LogP contribution in [0.3, 0.4) is 0 Å². The molecular weight excluding hydrogens is 352 g/mol. The molecule has 0 saturated carbocycles. The minimum Gasteiger partial charge on any atom is -0.477 e. The number of nitrogens with two attached hydrogens (primary N) is 1. The third kappa shape index (κ3) is 2.83. The molecular formula is C16H15ClN2O4S. The largest absolute Gasteiger partial charge is 0.477 e. The topological polar surface area (TPSA) is 101 Å². The molecule has 0 bridgehead atoms. The van der Waals surface area contributed by atoms with Crippen molar-refractivity contribution in [1.29, 1.82) is 0 Å². The van der Waals surface area contributed by atoms with E-state index in [1.165, 1.54) is 16.7 Å². The fourth-order valence-corrected chi connectivity index (χ4v) is 4.52. The van der Waals surface area contributed by atoms with Crippen molar-refractivity contribution < 1.29 is 19.5 Å². The van der Waals surface area contributed by atoms with Gasteiger partial charge in [0.1, 0.15) is 5.70 Å². The van der Waals surface area contributed by atoms with E-state index < -0.39 is 23.8 Å². The zero-order valence-corrected chi connectivity index (χ0v) is 14.1. The minimum absolute atomic E-state index is 0.00637. The smallest absolute Gasteiger partial charge is 0.353 e. The Morgan fingerprint density at radius 2 is 2.04 bits per heavy atom. The monoisotopic (exact) mass is 366 g/mol. The van der Waals surface area contributed by atoms with Gasteiger partial charge >= 0.3 is 5.97 Å². The number of aliphatic carboxylic acids is 1. The summed E-state index contributed by atoms with van der Waals surface area (Å²) in [6.07, 6.45) is -0.00637. The first-order valence-corrected chi connectivity index (χ1v) is 8.74. The summed E-state index contributed by atoms with van der Waals surface area (Å²) in [6.45, 7) is 0. The van der Waals surface area contributed by atoms with E-state index >= 15 is 0 Å². The molecule has 3 atom stereocenters. The third-order valence-corrected chi connectivity index (χ3v) is 5.97. The van der Waals surface area contributed by atoms with Gasteiger partial charge in [0.25, 0.3) is 0 Å². The van der Waals surface area contributed by atoms with E-state index in [9.17, 15) is 19.5 Å². The number of rotatable bonds is 5. The molecule has 0 aromatic heterocycles. The van der Waals surface area contributed by atoms with Gasteiger partial charge in [0.2, 0.25) is 5.91 Å². The van der Waals surface area contributed by atoms with Gasteiger partial charge in [0.15, 0.2) is 5.78 Å². The predicted molar refractivity (Wildman–Crippen MR) is 90.1 cm³/mol. The SMILES string of the molecule is N[C@@H](C(=O)C[C@H]1C(=O)N2C(C(=O)O)=C(Cl)CS[C@@H]12)c1ccccc1. The maximum atomic E-state index is 12.4. The van der Waals surface area contributed by atoms with E-state index in [1.807, 2.05) is 6.07 Å². The lowest BCUT2D eigenvalue weighted by atomic mass is 9.88. The van der Waals surface area contributed by atoms with Crippen LogP contribution in [0.15, 0.2) is 41.1 Å². The number of β-lactam (4-membered cyclic amide) rings is 1. The summed E-state index contributed by atoms with van der Waals surface area (Å²) in [7, 11) is 0. The summed E-state index contributed by atoms with van der Waals surface area (Å²) < 4.78 is 0. The van der Waals surface area contributed by atoms with Gasteiger partial charge in [-0.3, -0.25) is 14.5 Å². The molecule has 0 spiro atoms. The van der Waals surface area contributed by atoms with Gasteiger partial charge in [-0.25, -0.2) is 4.79 Å². The fourth-order valence-electron chi connectivity index (χ4n) is 2.91. The van der Waals surface area contributed by atoms with Crippen molar-refractivity contribution in [3.05, 3.63) is 46.6 Å². The van der Waals surface area contributed by atoms with E-state index in [0.29, 0.717) is 11.3 Å². The number of carboxylic acid groups (broad SMARTS) is 1. The first-order valence-electron chi connectivity index (χ1n) is 7.31. The van der Waals surface area contributed by atoms with E-state index in [-0.39, 0.29) is 28.3 Å². The molecule has 0 radical (unpaired) electrons. The summed E-state index contributed by atoms with van der Waals surface area (Å²) >= 11 is 7.28. The molecule has 3 N–H and O–H groups in total. The third-order valence-electron chi connectivity index (χ3n) is 4.16. The van der Waals surface area contributed by atoms with Crippen LogP contribution in [-0.2, 0) is 14.4 Å². The quantitative estimate of drug-likeness (QED) is 0.769. The lowest BCUT2D eigenvalue weighted by Gasteiger charge is -2.49. The Morgan fingerprint density at radius 1 is 1.38 bits per heavy atom. The van der Waals surface area contributed by atoms with Gasteiger partial charge in [-0.15, -0.1) is 11.8 Å². The van der Waals surface area contributed by atoms with Crippen LogP contribution >= 0.6 is 23.4 Å². The second kappa shape index (κ2) is 6.58. The molecule has 2 aliphatic heterocycles. The molecule has 24 heavy (non-hydrogen) atoms. The second-order valence-electron chi connectivity index (χ2n) is 5.63. The Kier molecular flexibility index (Phi) is 4.67. The zero-order valence-electron chi connectivity index (χ0n) is 12.5. The van der Waals surface area contributed by atoms with E-state index in [1.54, 1.807) is 24.3 Å². The minimum atomic E-state index is -1.23. The number of thioether (sulfide) groups is 1. The van der Waals surface area contributed by atoms with Crippen LogP contribution in [-0.4, -0.2) is 38.8 Å². The second-order valence-corrected chi connectivity index (χ2v) is 7.19. The summed E-state index contributed by atoms with van der Waals surface area (Å²) in [5.74, 6) is -2.11. The standard InChI is InChI=1S/C16H15ClN2O4S/c17-10-7-24-15-9(14(21)19(15)13(10)16(22)23)6-11(20)12(18)8-4-2-1-3-5-8/h1-5,9,12,15H,6-7,18H2,(H,22,23)/t9-,12+,15-/m0/s1. The molecule has 1 amide bonds. The summed E-state index contributed by atoms with van der Waals surface area (Å²) in [4.78, 5) is 37.2. The molecule has 126 valence electrons. The van der Waals surface area contributed by atoms with Crippen molar-refractivity contribution in [2.24, 2.45) is 11.7 Å². The van der Waals surface area contributed by atoms with Crippen LogP contribution < -0.4 is 5.73 Å². The Hall–Kier alpha value is -1.83. The van der Waals surface area contributed by atoms with E-state index in [4.69, 9.17) is 17.3 Å². The molecule has 1 aromatic rings. The number of benzene rings is 1. The van der Waals surface area contributed by atoms with Crippen LogP contribution in [0.5, 0.6) is 0 Å². The highest BCUT2D eigenvalue weighted by atomic mass is 35.5. The highest BCUT2D eigenvalue weighted by Crippen LogP contribution is 2.46.